The third-order valence-electron chi connectivity index (χ3n) is 5.66. The Morgan fingerprint density at radius 1 is 0.542 bits per heavy atom. The van der Waals surface area contributed by atoms with Crippen LogP contribution in [0.4, 0.5) is 0 Å². The molecule has 0 amide bonds. The van der Waals surface area contributed by atoms with Gasteiger partial charge in [0.25, 0.3) is 0 Å². The van der Waals surface area contributed by atoms with E-state index in [4.69, 9.17) is 0 Å². The van der Waals surface area contributed by atoms with Crippen molar-refractivity contribution in [2.24, 2.45) is 5.92 Å². The highest BCUT2D eigenvalue weighted by Gasteiger charge is 2.42. The van der Waals surface area contributed by atoms with Crippen molar-refractivity contribution in [3.8, 4) is 0 Å². The number of benzene rings is 3. The van der Waals surface area contributed by atoms with Gasteiger partial charge in [-0.15, -0.1) is 0 Å². The van der Waals surface area contributed by atoms with Gasteiger partial charge in [0, 0.05) is 0 Å². The van der Waals surface area contributed by atoms with Crippen LogP contribution in [0.5, 0.6) is 0 Å². The van der Waals surface area contributed by atoms with Crippen LogP contribution in [0, 0.1) is 5.92 Å². The summed E-state index contributed by atoms with van der Waals surface area (Å²) in [7, 11) is 0. The molecule has 1 saturated carbocycles. The van der Waals surface area contributed by atoms with E-state index in [1.165, 1.54) is 23.1 Å². The molecule has 24 heavy (non-hydrogen) atoms. The molecule has 0 aliphatic heterocycles. The highest BCUT2D eigenvalue weighted by molar-refractivity contribution is 5.37. The Morgan fingerprint density at radius 2 is 0.958 bits per heavy atom. The summed E-state index contributed by atoms with van der Waals surface area (Å²) in [6.45, 7) is 2.43. The van der Waals surface area contributed by atoms with Crippen LogP contribution in [0.25, 0.3) is 0 Å². The molecule has 4 unspecified atom stereocenters. The second-order valence-corrected chi connectivity index (χ2v) is 7.10. The van der Waals surface area contributed by atoms with Gasteiger partial charge in [-0.05, 0) is 46.8 Å². The van der Waals surface area contributed by atoms with E-state index in [0.717, 1.165) is 0 Å². The summed E-state index contributed by atoms with van der Waals surface area (Å²) < 4.78 is 0. The maximum Gasteiger partial charge on any atom is -0.00216 e. The van der Waals surface area contributed by atoms with Crippen LogP contribution < -0.4 is 0 Å². The first-order valence-electron chi connectivity index (χ1n) is 8.99. The van der Waals surface area contributed by atoms with Crippen LogP contribution in [-0.4, -0.2) is 0 Å². The Kier molecular flexibility index (Phi) is 4.21. The molecule has 120 valence electrons. The van der Waals surface area contributed by atoms with Gasteiger partial charge in [0.05, 0.1) is 0 Å². The fourth-order valence-electron chi connectivity index (χ4n) is 4.67. The quantitative estimate of drug-likeness (QED) is 0.526. The van der Waals surface area contributed by atoms with Crippen molar-refractivity contribution in [1.82, 2.24) is 0 Å². The smallest absolute Gasteiger partial charge is 0.00216 e. The van der Waals surface area contributed by atoms with Crippen molar-refractivity contribution in [2.45, 2.75) is 31.1 Å². The maximum absolute atomic E-state index is 2.43. The van der Waals surface area contributed by atoms with Crippen molar-refractivity contribution in [1.29, 1.82) is 0 Å². The van der Waals surface area contributed by atoms with E-state index in [0.29, 0.717) is 23.7 Å². The van der Waals surface area contributed by atoms with Crippen molar-refractivity contribution < 1.29 is 0 Å². The Bertz CT molecular complexity index is 761. The monoisotopic (exact) mass is 312 g/mol. The van der Waals surface area contributed by atoms with Gasteiger partial charge in [-0.3, -0.25) is 0 Å². The van der Waals surface area contributed by atoms with E-state index in [9.17, 15) is 0 Å². The van der Waals surface area contributed by atoms with E-state index in [1.54, 1.807) is 0 Å². The third-order valence-corrected chi connectivity index (χ3v) is 5.66. The first-order valence-corrected chi connectivity index (χ1v) is 8.99. The summed E-state index contributed by atoms with van der Waals surface area (Å²) in [5.74, 6) is 2.40. The molecule has 1 fully saturated rings. The zero-order chi connectivity index (χ0) is 16.4. The third kappa shape index (κ3) is 2.78. The fourth-order valence-corrected chi connectivity index (χ4v) is 4.67. The Labute approximate surface area is 145 Å². The standard InChI is InChI=1S/C24H24/c1-18-17-22(19-11-5-2-6-12-19)24(21-15-9-4-10-16-21)23(18)20-13-7-3-8-14-20/h2-16,18,22-24H,17H2,1H3. The highest BCUT2D eigenvalue weighted by atomic mass is 14.5. The average Bonchev–Trinajstić information content (AvgIpc) is 3.01. The molecule has 1 aliphatic carbocycles. The molecule has 0 aromatic heterocycles. The number of hydrogen-bond acceptors (Lipinski definition) is 0. The lowest BCUT2D eigenvalue weighted by Crippen LogP contribution is -2.13. The lowest BCUT2D eigenvalue weighted by molar-refractivity contribution is 0.502. The number of rotatable bonds is 3. The van der Waals surface area contributed by atoms with Crippen LogP contribution in [-0.2, 0) is 0 Å². The van der Waals surface area contributed by atoms with Gasteiger partial charge in [0.1, 0.15) is 0 Å². The Morgan fingerprint density at radius 3 is 1.46 bits per heavy atom. The van der Waals surface area contributed by atoms with Crippen LogP contribution >= 0.6 is 0 Å². The van der Waals surface area contributed by atoms with Gasteiger partial charge in [0.15, 0.2) is 0 Å². The zero-order valence-electron chi connectivity index (χ0n) is 14.2. The predicted octanol–water partition coefficient (Wildman–Crippen LogP) is 6.38. The molecule has 3 aromatic rings. The topological polar surface area (TPSA) is 0 Å². The van der Waals surface area contributed by atoms with Crippen molar-refractivity contribution in [3.05, 3.63) is 108 Å². The predicted molar refractivity (Wildman–Crippen MR) is 101 cm³/mol. The van der Waals surface area contributed by atoms with Crippen molar-refractivity contribution in [2.75, 3.05) is 0 Å². The maximum atomic E-state index is 2.43. The molecule has 0 bridgehead atoms. The molecular weight excluding hydrogens is 288 g/mol. The molecule has 0 saturated heterocycles. The molecular formula is C24H24. The lowest BCUT2D eigenvalue weighted by Gasteiger charge is -2.27. The average molecular weight is 312 g/mol. The van der Waals surface area contributed by atoms with Gasteiger partial charge >= 0.3 is 0 Å². The largest absolute Gasteiger partial charge is 0.0622 e. The van der Waals surface area contributed by atoms with Crippen LogP contribution in [0.2, 0.25) is 0 Å². The van der Waals surface area contributed by atoms with Gasteiger partial charge in [0.2, 0.25) is 0 Å². The van der Waals surface area contributed by atoms with E-state index >= 15 is 0 Å². The summed E-state index contributed by atoms with van der Waals surface area (Å²) in [6.07, 6.45) is 1.25. The van der Waals surface area contributed by atoms with E-state index in [-0.39, 0.29) is 0 Å². The summed E-state index contributed by atoms with van der Waals surface area (Å²) in [4.78, 5) is 0. The first-order chi connectivity index (χ1) is 11.8. The molecule has 4 rings (SSSR count). The van der Waals surface area contributed by atoms with Gasteiger partial charge in [-0.1, -0.05) is 97.9 Å². The Hall–Kier alpha value is -2.34. The minimum atomic E-state index is 0.547. The summed E-state index contributed by atoms with van der Waals surface area (Å²) in [5, 5.41) is 0. The SMILES string of the molecule is CC1CC(c2ccccc2)C(c2ccccc2)C1c1ccccc1. The van der Waals surface area contributed by atoms with Crippen LogP contribution in [0.1, 0.15) is 47.8 Å². The molecule has 0 N–H and O–H groups in total. The van der Waals surface area contributed by atoms with Crippen LogP contribution in [0.15, 0.2) is 91.0 Å². The second-order valence-electron chi connectivity index (χ2n) is 7.10. The van der Waals surface area contributed by atoms with Crippen molar-refractivity contribution >= 4 is 0 Å². The fraction of sp³-hybridized carbons (Fsp3) is 0.250. The zero-order valence-corrected chi connectivity index (χ0v) is 14.2. The van der Waals surface area contributed by atoms with Gasteiger partial charge in [-0.25, -0.2) is 0 Å². The van der Waals surface area contributed by atoms with Gasteiger partial charge < -0.3 is 0 Å². The minimum Gasteiger partial charge on any atom is -0.0622 e. The molecule has 0 heterocycles. The molecule has 0 spiro atoms. The van der Waals surface area contributed by atoms with Gasteiger partial charge in [-0.2, -0.15) is 0 Å². The van der Waals surface area contributed by atoms with Crippen LogP contribution in [0.3, 0.4) is 0 Å². The molecule has 4 atom stereocenters. The summed E-state index contributed by atoms with van der Waals surface area (Å²) in [6, 6.07) is 33.3. The van der Waals surface area contributed by atoms with E-state index in [2.05, 4.69) is 97.9 Å². The highest BCUT2D eigenvalue weighted by Crippen LogP contribution is 2.56. The van der Waals surface area contributed by atoms with Crippen molar-refractivity contribution in [3.63, 3.8) is 0 Å². The molecule has 1 aliphatic rings. The lowest BCUT2D eigenvalue weighted by atomic mass is 9.76. The Balaban J connectivity index is 1.81. The van der Waals surface area contributed by atoms with E-state index in [1.807, 2.05) is 0 Å². The summed E-state index contributed by atoms with van der Waals surface area (Å²) in [5.41, 5.74) is 4.44. The van der Waals surface area contributed by atoms with E-state index < -0.39 is 0 Å². The molecule has 0 radical (unpaired) electrons. The second kappa shape index (κ2) is 6.65. The first kappa shape index (κ1) is 15.2. The molecule has 0 nitrogen and oxygen atoms in total. The molecule has 0 heteroatoms. The molecule has 3 aromatic carbocycles. The minimum absolute atomic E-state index is 0.547. The summed E-state index contributed by atoms with van der Waals surface area (Å²) >= 11 is 0. The normalized spacial score (nSPS) is 26.4. The number of hydrogen-bond donors (Lipinski definition) is 0.